The molecular weight excluding hydrogens is 177 g/mol. The van der Waals surface area contributed by atoms with Crippen LogP contribution >= 0.6 is 0 Å². The van der Waals surface area contributed by atoms with E-state index in [1.165, 1.54) is 0 Å². The van der Waals surface area contributed by atoms with Gasteiger partial charge in [-0.2, -0.15) is 0 Å². The number of aliphatic hydroxyl groups is 1. The molecule has 0 saturated carbocycles. The van der Waals surface area contributed by atoms with E-state index in [4.69, 9.17) is 10.2 Å². The quantitative estimate of drug-likeness (QED) is 0.380. The zero-order valence-electron chi connectivity index (χ0n) is 2.56. The smallest absolute Gasteiger partial charge is 0.834 e. The van der Waals surface area contributed by atoms with Crippen LogP contribution in [0, 0.1) is 0 Å². The van der Waals surface area contributed by atoms with Crippen LogP contribution in [0.5, 0.6) is 0 Å². The Hall–Kier alpha value is 1.97. The summed E-state index contributed by atoms with van der Waals surface area (Å²) >= 11 is 0. The van der Waals surface area contributed by atoms with Crippen molar-refractivity contribution in [3.63, 3.8) is 0 Å². The van der Waals surface area contributed by atoms with Gasteiger partial charge in [-0.25, -0.2) is 0 Å². The molecule has 2 nitrogen and oxygen atoms in total. The van der Waals surface area contributed by atoms with Gasteiger partial charge in [-0.15, -0.1) is 0 Å². The fraction of sp³-hybridized carbons (Fsp3) is 1.00. The van der Waals surface area contributed by atoms with Gasteiger partial charge in [0, 0.05) is 0 Å². The number of aliphatic hydroxyl groups excluding tert-OH is 1. The summed E-state index contributed by atoms with van der Waals surface area (Å²) in [6.45, 7) is -1.00. The van der Waals surface area contributed by atoms with Crippen molar-refractivity contribution in [2.45, 2.75) is 0 Å². The SMILES string of the molecule is [Cs+].[O-]CO. The third kappa shape index (κ3) is 9.02. The first-order chi connectivity index (χ1) is 1.41. The van der Waals surface area contributed by atoms with Crippen LogP contribution in [-0.2, 0) is 0 Å². The Balaban J connectivity index is 0. The Labute approximate surface area is 83.6 Å². The molecule has 1 N–H and O–H groups in total. The van der Waals surface area contributed by atoms with Crippen LogP contribution in [0.1, 0.15) is 0 Å². The van der Waals surface area contributed by atoms with Crippen molar-refractivity contribution in [2.75, 3.05) is 6.79 Å². The molecule has 0 aliphatic carbocycles. The summed E-state index contributed by atoms with van der Waals surface area (Å²) in [6.07, 6.45) is 0. The first-order valence-corrected chi connectivity index (χ1v) is 0.605. The van der Waals surface area contributed by atoms with Crippen LogP contribution in [0.3, 0.4) is 0 Å². The second-order valence-electron chi connectivity index (χ2n) is 0.129. The molecule has 0 aliphatic heterocycles. The average Bonchev–Trinajstić information content (AvgIpc) is 0.918. The largest absolute Gasteiger partial charge is 1.00 e. The van der Waals surface area contributed by atoms with E-state index in [0.29, 0.717) is 0 Å². The van der Waals surface area contributed by atoms with Gasteiger partial charge in [0.1, 0.15) is 0 Å². The molecule has 0 amide bonds. The van der Waals surface area contributed by atoms with E-state index in [1.54, 1.807) is 0 Å². The normalized spacial score (nSPS) is 4.50. The maximum Gasteiger partial charge on any atom is 1.00 e. The molecule has 0 aliphatic rings. The van der Waals surface area contributed by atoms with Crippen LogP contribution in [0.2, 0.25) is 0 Å². The second-order valence-corrected chi connectivity index (χ2v) is 0.129. The van der Waals surface area contributed by atoms with Gasteiger partial charge in [-0.3, -0.25) is 0 Å². The molecule has 0 fully saturated rings. The van der Waals surface area contributed by atoms with Crippen molar-refractivity contribution in [3.05, 3.63) is 0 Å². The van der Waals surface area contributed by atoms with Crippen molar-refractivity contribution >= 4 is 0 Å². The van der Waals surface area contributed by atoms with Crippen molar-refractivity contribution < 1.29 is 79.1 Å². The van der Waals surface area contributed by atoms with E-state index in [2.05, 4.69) is 0 Å². The Kier molecular flexibility index (Phi) is 20.8. The van der Waals surface area contributed by atoms with Gasteiger partial charge >= 0.3 is 68.9 Å². The van der Waals surface area contributed by atoms with Gasteiger partial charge < -0.3 is 10.2 Å². The van der Waals surface area contributed by atoms with E-state index < -0.39 is 6.79 Å². The van der Waals surface area contributed by atoms with Crippen molar-refractivity contribution in [1.29, 1.82) is 0 Å². The zero-order chi connectivity index (χ0) is 2.71. The monoisotopic (exact) mass is 180 g/mol. The summed E-state index contributed by atoms with van der Waals surface area (Å²) in [7, 11) is 0. The van der Waals surface area contributed by atoms with Gasteiger partial charge in [-0.1, -0.05) is 0 Å². The minimum Gasteiger partial charge on any atom is -0.834 e. The minimum atomic E-state index is -1.00. The molecule has 0 rings (SSSR count). The maximum atomic E-state index is 8.49. The fourth-order valence-corrected chi connectivity index (χ4v) is 0. The summed E-state index contributed by atoms with van der Waals surface area (Å²) in [6, 6.07) is 0. The zero-order valence-corrected chi connectivity index (χ0v) is 8.84. The van der Waals surface area contributed by atoms with Crippen molar-refractivity contribution in [2.24, 2.45) is 0 Å². The number of hydrogen-bond acceptors (Lipinski definition) is 2. The molecule has 4 heavy (non-hydrogen) atoms. The summed E-state index contributed by atoms with van der Waals surface area (Å²) in [5.41, 5.74) is 0. The molecule has 20 valence electrons. The first-order valence-electron chi connectivity index (χ1n) is 0.605. The molecule has 0 heterocycles. The Morgan fingerprint density at radius 3 is 1.75 bits per heavy atom. The molecule has 0 aromatic heterocycles. The van der Waals surface area contributed by atoms with Crippen LogP contribution in [-0.4, -0.2) is 11.9 Å². The Morgan fingerprint density at radius 2 is 1.75 bits per heavy atom. The van der Waals surface area contributed by atoms with E-state index in [0.717, 1.165) is 0 Å². The summed E-state index contributed by atoms with van der Waals surface area (Å²) in [5, 5.41) is 15.5. The predicted molar refractivity (Wildman–Crippen MR) is 7.09 cm³/mol. The number of hydrogen-bond donors (Lipinski definition) is 1. The summed E-state index contributed by atoms with van der Waals surface area (Å²) < 4.78 is 0. The maximum absolute atomic E-state index is 8.49. The summed E-state index contributed by atoms with van der Waals surface area (Å²) in [4.78, 5) is 0. The van der Waals surface area contributed by atoms with E-state index >= 15 is 0 Å². The van der Waals surface area contributed by atoms with E-state index in [9.17, 15) is 0 Å². The third-order valence-electron chi connectivity index (χ3n) is 0. The van der Waals surface area contributed by atoms with Crippen LogP contribution in [0.15, 0.2) is 0 Å². The van der Waals surface area contributed by atoms with Gasteiger partial charge in [-0.05, 0) is 6.79 Å². The predicted octanol–water partition coefficient (Wildman–Crippen LogP) is -4.70. The van der Waals surface area contributed by atoms with Crippen molar-refractivity contribution in [3.8, 4) is 0 Å². The van der Waals surface area contributed by atoms with Crippen molar-refractivity contribution in [1.82, 2.24) is 0 Å². The van der Waals surface area contributed by atoms with E-state index in [1.807, 2.05) is 0 Å². The summed E-state index contributed by atoms with van der Waals surface area (Å²) in [5.74, 6) is 0. The van der Waals surface area contributed by atoms with Crippen LogP contribution in [0.4, 0.5) is 0 Å². The molecular formula is CH3CsO2. The Bertz CT molecular complexity index is 6.00. The molecule has 0 spiro atoms. The number of rotatable bonds is 0. The van der Waals surface area contributed by atoms with Gasteiger partial charge in [0.2, 0.25) is 0 Å². The molecule has 0 aromatic carbocycles. The fourth-order valence-electron chi connectivity index (χ4n) is 0. The molecule has 0 unspecified atom stereocenters. The van der Waals surface area contributed by atoms with E-state index in [-0.39, 0.29) is 68.9 Å². The van der Waals surface area contributed by atoms with Crippen LogP contribution in [0.25, 0.3) is 0 Å². The molecule has 0 radical (unpaired) electrons. The average molecular weight is 180 g/mol. The standard InChI is InChI=1S/CH3O2.Cs/c2-1-3;/h2H,1H2;/q-1;+1. The topological polar surface area (TPSA) is 43.3 Å². The molecule has 0 saturated heterocycles. The van der Waals surface area contributed by atoms with Gasteiger partial charge in [0.15, 0.2) is 0 Å². The first kappa shape index (κ1) is 9.36. The van der Waals surface area contributed by atoms with Gasteiger partial charge in [0.25, 0.3) is 0 Å². The molecule has 0 bridgehead atoms. The van der Waals surface area contributed by atoms with Crippen LogP contribution < -0.4 is 74.0 Å². The minimum absolute atomic E-state index is 0. The van der Waals surface area contributed by atoms with Gasteiger partial charge in [0.05, 0.1) is 0 Å². The molecule has 3 heteroatoms. The molecule has 0 atom stereocenters. The molecule has 0 aromatic rings. The Morgan fingerprint density at radius 1 is 1.75 bits per heavy atom. The third-order valence-corrected chi connectivity index (χ3v) is 0. The second kappa shape index (κ2) is 8.88.